The fraction of sp³-hybridized carbons (Fsp3) is 0.724. The maximum absolute atomic E-state index is 13.9. The average Bonchev–Trinajstić information content (AvgIpc) is 3.35. The van der Waals surface area contributed by atoms with Gasteiger partial charge < -0.3 is 24.6 Å². The molecule has 0 radical (unpaired) electrons. The van der Waals surface area contributed by atoms with Crippen LogP contribution in [-0.4, -0.2) is 67.6 Å². The second kappa shape index (κ2) is 10.6. The number of methoxy groups -OCH3 is 1. The summed E-state index contributed by atoms with van der Waals surface area (Å²) in [5, 5.41) is 3.08. The van der Waals surface area contributed by atoms with Crippen LogP contribution in [0.15, 0.2) is 18.2 Å². The van der Waals surface area contributed by atoms with Gasteiger partial charge in [-0.05, 0) is 94.3 Å². The molecule has 2 amide bonds. The number of anilines is 1. The van der Waals surface area contributed by atoms with E-state index in [0.717, 1.165) is 69.5 Å². The van der Waals surface area contributed by atoms with Crippen molar-refractivity contribution in [1.29, 1.82) is 0 Å². The molecule has 0 aromatic heterocycles. The summed E-state index contributed by atoms with van der Waals surface area (Å²) in [6.45, 7) is 8.31. The third-order valence-electron chi connectivity index (χ3n) is 9.30. The van der Waals surface area contributed by atoms with Gasteiger partial charge in [0.1, 0.15) is 12.6 Å². The van der Waals surface area contributed by atoms with Gasteiger partial charge in [-0.2, -0.15) is 0 Å². The van der Waals surface area contributed by atoms with Crippen molar-refractivity contribution in [2.24, 2.45) is 23.2 Å². The van der Waals surface area contributed by atoms with Crippen LogP contribution in [0.25, 0.3) is 0 Å². The van der Waals surface area contributed by atoms with Gasteiger partial charge >= 0.3 is 0 Å². The number of carbonyl (C=O) groups is 2. The van der Waals surface area contributed by atoms with Crippen molar-refractivity contribution in [3.63, 3.8) is 0 Å². The molecule has 1 aliphatic heterocycles. The van der Waals surface area contributed by atoms with Crippen molar-refractivity contribution in [3.05, 3.63) is 18.2 Å². The van der Waals surface area contributed by atoms with Gasteiger partial charge in [0.25, 0.3) is 0 Å². The molecule has 5 fully saturated rings. The van der Waals surface area contributed by atoms with Gasteiger partial charge in [0, 0.05) is 24.8 Å². The standard InChI is InChI=1S/C29H43N3O4/c1-4-31(5-2)11-12-36-26-16-23(8-9-25(26)35-3)30-27(33)24-7-6-10-32(24)28(34)29-17-20-13-21(18-29)15-22(14-20)19-29/h8-9,16,20-22,24H,4-7,10-15,17-19H2,1-3H3,(H,30,33). The highest BCUT2D eigenvalue weighted by Gasteiger charge is 2.56. The number of ether oxygens (including phenoxy) is 2. The van der Waals surface area contributed by atoms with Gasteiger partial charge in [-0.3, -0.25) is 9.59 Å². The first kappa shape index (κ1) is 25.4. The molecule has 5 aliphatic rings. The number of benzene rings is 1. The fourth-order valence-corrected chi connectivity index (χ4v) is 7.88. The smallest absolute Gasteiger partial charge is 0.247 e. The Balaban J connectivity index is 1.24. The number of hydrogen-bond donors (Lipinski definition) is 1. The first-order chi connectivity index (χ1) is 17.4. The largest absolute Gasteiger partial charge is 0.493 e. The van der Waals surface area contributed by atoms with Crippen LogP contribution in [-0.2, 0) is 9.59 Å². The number of nitrogens with one attached hydrogen (secondary N) is 1. The van der Waals surface area contributed by atoms with Crippen LogP contribution < -0.4 is 14.8 Å². The Morgan fingerprint density at radius 2 is 1.72 bits per heavy atom. The summed E-state index contributed by atoms with van der Waals surface area (Å²) in [5.74, 6) is 3.58. The zero-order valence-corrected chi connectivity index (χ0v) is 22.3. The molecular weight excluding hydrogens is 454 g/mol. The molecule has 4 aliphatic carbocycles. The summed E-state index contributed by atoms with van der Waals surface area (Å²) in [6.07, 6.45) is 8.67. The van der Waals surface area contributed by atoms with Crippen molar-refractivity contribution >= 4 is 17.5 Å². The van der Waals surface area contributed by atoms with E-state index in [2.05, 4.69) is 24.1 Å². The Morgan fingerprint density at radius 1 is 1.06 bits per heavy atom. The van der Waals surface area contributed by atoms with Crippen molar-refractivity contribution in [2.75, 3.05) is 45.2 Å². The Kier molecular flexibility index (Phi) is 7.47. The molecule has 6 rings (SSSR count). The number of amides is 2. The van der Waals surface area contributed by atoms with E-state index in [1.807, 2.05) is 23.1 Å². The molecule has 36 heavy (non-hydrogen) atoms. The van der Waals surface area contributed by atoms with Crippen LogP contribution in [0.4, 0.5) is 5.69 Å². The van der Waals surface area contributed by atoms with Crippen molar-refractivity contribution in [2.45, 2.75) is 71.3 Å². The zero-order chi connectivity index (χ0) is 25.3. The van der Waals surface area contributed by atoms with E-state index in [-0.39, 0.29) is 23.3 Å². The van der Waals surface area contributed by atoms with E-state index in [1.165, 1.54) is 19.3 Å². The van der Waals surface area contributed by atoms with E-state index in [0.29, 0.717) is 30.3 Å². The molecule has 1 heterocycles. The Hall–Kier alpha value is -2.28. The molecule has 7 heteroatoms. The maximum atomic E-state index is 13.9. The molecule has 1 unspecified atom stereocenters. The topological polar surface area (TPSA) is 71.1 Å². The number of likely N-dealkylation sites (N-methyl/N-ethyl adjacent to an activating group) is 1. The van der Waals surface area contributed by atoms with Crippen LogP contribution >= 0.6 is 0 Å². The molecule has 1 aromatic rings. The zero-order valence-electron chi connectivity index (χ0n) is 22.3. The minimum Gasteiger partial charge on any atom is -0.493 e. The lowest BCUT2D eigenvalue weighted by Gasteiger charge is -2.56. The molecule has 1 N–H and O–H groups in total. The van der Waals surface area contributed by atoms with E-state index < -0.39 is 0 Å². The predicted molar refractivity (Wildman–Crippen MR) is 140 cm³/mol. The molecule has 4 saturated carbocycles. The van der Waals surface area contributed by atoms with Crippen LogP contribution in [0, 0.1) is 23.2 Å². The first-order valence-corrected chi connectivity index (χ1v) is 14.1. The molecule has 1 atom stereocenters. The molecule has 198 valence electrons. The quantitative estimate of drug-likeness (QED) is 0.513. The van der Waals surface area contributed by atoms with Gasteiger partial charge in [0.05, 0.1) is 12.5 Å². The Labute approximate surface area is 215 Å². The van der Waals surface area contributed by atoms with Crippen LogP contribution in [0.1, 0.15) is 65.2 Å². The maximum Gasteiger partial charge on any atom is 0.247 e. The Morgan fingerprint density at radius 3 is 2.33 bits per heavy atom. The highest BCUT2D eigenvalue weighted by atomic mass is 16.5. The summed E-state index contributed by atoms with van der Waals surface area (Å²) in [5.41, 5.74) is 0.469. The third kappa shape index (κ3) is 4.96. The van der Waals surface area contributed by atoms with Crippen molar-refractivity contribution in [3.8, 4) is 11.5 Å². The van der Waals surface area contributed by atoms with Gasteiger partial charge in [0.15, 0.2) is 11.5 Å². The van der Waals surface area contributed by atoms with E-state index in [1.54, 1.807) is 7.11 Å². The van der Waals surface area contributed by atoms with Gasteiger partial charge in [-0.25, -0.2) is 0 Å². The highest BCUT2D eigenvalue weighted by Crippen LogP contribution is 2.60. The SMILES string of the molecule is CCN(CC)CCOc1cc(NC(=O)C2CCCN2C(=O)C23CC4CC(CC(C4)C2)C3)ccc1OC. The number of nitrogens with zero attached hydrogens (tertiary/aromatic N) is 2. The van der Waals surface area contributed by atoms with Gasteiger partial charge in [-0.1, -0.05) is 13.8 Å². The summed E-state index contributed by atoms with van der Waals surface area (Å²) in [7, 11) is 1.62. The number of rotatable bonds is 10. The van der Waals surface area contributed by atoms with E-state index in [4.69, 9.17) is 9.47 Å². The fourth-order valence-electron chi connectivity index (χ4n) is 7.88. The van der Waals surface area contributed by atoms with Crippen LogP contribution in [0.3, 0.4) is 0 Å². The van der Waals surface area contributed by atoms with Crippen LogP contribution in [0.2, 0.25) is 0 Å². The predicted octanol–water partition coefficient (Wildman–Crippen LogP) is 4.56. The molecule has 7 nitrogen and oxygen atoms in total. The molecule has 1 saturated heterocycles. The van der Waals surface area contributed by atoms with E-state index in [9.17, 15) is 9.59 Å². The van der Waals surface area contributed by atoms with Crippen molar-refractivity contribution in [1.82, 2.24) is 9.80 Å². The molecule has 0 spiro atoms. The van der Waals surface area contributed by atoms with Gasteiger partial charge in [0.2, 0.25) is 11.8 Å². The summed E-state index contributed by atoms with van der Waals surface area (Å²) >= 11 is 0. The minimum absolute atomic E-state index is 0.0927. The average molecular weight is 498 g/mol. The molecule has 1 aromatic carbocycles. The minimum atomic E-state index is -0.389. The lowest BCUT2D eigenvalue weighted by atomic mass is 9.49. The Bertz CT molecular complexity index is 925. The second-order valence-electron chi connectivity index (χ2n) is 11.6. The highest BCUT2D eigenvalue weighted by molar-refractivity contribution is 5.98. The summed E-state index contributed by atoms with van der Waals surface area (Å²) in [4.78, 5) is 31.6. The summed E-state index contributed by atoms with van der Waals surface area (Å²) < 4.78 is 11.5. The van der Waals surface area contributed by atoms with Gasteiger partial charge in [-0.15, -0.1) is 0 Å². The van der Waals surface area contributed by atoms with Crippen molar-refractivity contribution < 1.29 is 19.1 Å². The summed E-state index contributed by atoms with van der Waals surface area (Å²) in [6, 6.07) is 5.11. The third-order valence-corrected chi connectivity index (χ3v) is 9.30. The molecular formula is C29H43N3O4. The second-order valence-corrected chi connectivity index (χ2v) is 11.6. The lowest BCUT2D eigenvalue weighted by Crippen LogP contribution is -2.56. The van der Waals surface area contributed by atoms with E-state index >= 15 is 0 Å². The number of carbonyl (C=O) groups excluding carboxylic acids is 2. The van der Waals surface area contributed by atoms with Crippen LogP contribution in [0.5, 0.6) is 11.5 Å². The monoisotopic (exact) mass is 497 g/mol. The number of likely N-dealkylation sites (tertiary alicyclic amines) is 1. The number of hydrogen-bond acceptors (Lipinski definition) is 5. The lowest BCUT2D eigenvalue weighted by molar-refractivity contribution is -0.160. The molecule has 4 bridgehead atoms. The first-order valence-electron chi connectivity index (χ1n) is 14.1. The normalized spacial score (nSPS) is 30.6.